The van der Waals surface area contributed by atoms with Crippen molar-refractivity contribution in [3.8, 4) is 55.6 Å². The van der Waals surface area contributed by atoms with Crippen LogP contribution in [0, 0.1) is 0 Å². The van der Waals surface area contributed by atoms with Gasteiger partial charge in [0, 0.05) is 17.1 Å². The Morgan fingerprint density at radius 3 is 1.10 bits per heavy atom. The Morgan fingerprint density at radius 2 is 0.571 bits per heavy atom. The van der Waals surface area contributed by atoms with E-state index >= 15 is 0 Å². The van der Waals surface area contributed by atoms with E-state index in [-0.39, 0.29) is 0 Å². The maximum atomic E-state index is 2.35. The summed E-state index contributed by atoms with van der Waals surface area (Å²) in [6, 6.07) is 76.0. The second kappa shape index (κ2) is 13.7. The van der Waals surface area contributed by atoms with Gasteiger partial charge in [-0.2, -0.15) is 0 Å². The minimum absolute atomic E-state index is 1.10. The zero-order chi connectivity index (χ0) is 32.8. The topological polar surface area (TPSA) is 3.24 Å². The summed E-state index contributed by atoms with van der Waals surface area (Å²) >= 11 is 0. The molecule has 0 amide bonds. The molecule has 0 spiro atoms. The Bertz CT molecular complexity index is 2280. The molecular formula is C48H35N. The van der Waals surface area contributed by atoms with E-state index in [0.717, 1.165) is 17.1 Å². The van der Waals surface area contributed by atoms with Gasteiger partial charge in [-0.3, -0.25) is 0 Å². The van der Waals surface area contributed by atoms with Gasteiger partial charge in [0.1, 0.15) is 0 Å². The zero-order valence-electron chi connectivity index (χ0n) is 27.2. The summed E-state index contributed by atoms with van der Waals surface area (Å²) in [7, 11) is 0. The van der Waals surface area contributed by atoms with Crippen molar-refractivity contribution < 1.29 is 0 Å². The van der Waals surface area contributed by atoms with E-state index in [4.69, 9.17) is 0 Å². The third-order valence-electron chi connectivity index (χ3n) is 9.09. The lowest BCUT2D eigenvalue weighted by Gasteiger charge is -2.26. The lowest BCUT2D eigenvalue weighted by Crippen LogP contribution is -2.10. The second-order valence-electron chi connectivity index (χ2n) is 12.2. The highest BCUT2D eigenvalue weighted by molar-refractivity contribution is 5.89. The third kappa shape index (κ3) is 6.43. The molecule has 0 aliphatic rings. The lowest BCUT2D eigenvalue weighted by molar-refractivity contribution is 1.28. The summed E-state index contributed by atoms with van der Waals surface area (Å²) in [6.07, 6.45) is 0. The normalized spacial score (nSPS) is 10.9. The molecule has 0 fully saturated rings. The van der Waals surface area contributed by atoms with Crippen molar-refractivity contribution in [3.05, 3.63) is 212 Å². The van der Waals surface area contributed by atoms with Crippen molar-refractivity contribution in [2.45, 2.75) is 0 Å². The van der Waals surface area contributed by atoms with E-state index in [1.165, 1.54) is 55.6 Å². The summed E-state index contributed by atoms with van der Waals surface area (Å²) < 4.78 is 0. The van der Waals surface area contributed by atoms with Crippen LogP contribution >= 0.6 is 0 Å². The zero-order valence-corrected chi connectivity index (χ0v) is 27.2. The van der Waals surface area contributed by atoms with Gasteiger partial charge in [-0.05, 0) is 98.1 Å². The molecule has 1 heteroatoms. The first-order valence-corrected chi connectivity index (χ1v) is 16.8. The number of nitrogens with zero attached hydrogens (tertiary/aromatic N) is 1. The lowest BCUT2D eigenvalue weighted by atomic mass is 9.91. The third-order valence-corrected chi connectivity index (χ3v) is 9.09. The van der Waals surface area contributed by atoms with Gasteiger partial charge in [-0.1, -0.05) is 170 Å². The van der Waals surface area contributed by atoms with Crippen LogP contribution in [0.5, 0.6) is 0 Å². The van der Waals surface area contributed by atoms with Gasteiger partial charge in [0.25, 0.3) is 0 Å². The fourth-order valence-corrected chi connectivity index (χ4v) is 6.59. The molecule has 0 heterocycles. The Balaban J connectivity index is 1.23. The second-order valence-corrected chi connectivity index (χ2v) is 12.2. The largest absolute Gasteiger partial charge is 0.310 e. The summed E-state index contributed by atoms with van der Waals surface area (Å²) in [5.41, 5.74) is 15.3. The molecule has 8 aromatic rings. The van der Waals surface area contributed by atoms with Gasteiger partial charge >= 0.3 is 0 Å². The predicted molar refractivity (Wildman–Crippen MR) is 208 cm³/mol. The van der Waals surface area contributed by atoms with E-state index in [2.05, 4.69) is 217 Å². The van der Waals surface area contributed by atoms with Crippen molar-refractivity contribution in [2.24, 2.45) is 0 Å². The minimum Gasteiger partial charge on any atom is -0.310 e. The van der Waals surface area contributed by atoms with Crippen molar-refractivity contribution in [2.75, 3.05) is 4.90 Å². The molecule has 0 bridgehead atoms. The van der Waals surface area contributed by atoms with Crippen molar-refractivity contribution in [1.82, 2.24) is 0 Å². The van der Waals surface area contributed by atoms with Gasteiger partial charge in [-0.15, -0.1) is 0 Å². The molecule has 8 rings (SSSR count). The van der Waals surface area contributed by atoms with Crippen LogP contribution in [-0.2, 0) is 0 Å². The molecule has 0 aliphatic heterocycles. The van der Waals surface area contributed by atoms with Crippen molar-refractivity contribution in [3.63, 3.8) is 0 Å². The minimum atomic E-state index is 1.10. The summed E-state index contributed by atoms with van der Waals surface area (Å²) in [6.45, 7) is 0. The molecule has 0 radical (unpaired) electrons. The molecule has 0 unspecified atom stereocenters. The van der Waals surface area contributed by atoms with Crippen LogP contribution in [0.4, 0.5) is 17.1 Å². The molecule has 0 aliphatic carbocycles. The van der Waals surface area contributed by atoms with E-state index < -0.39 is 0 Å². The molecule has 0 saturated carbocycles. The smallest absolute Gasteiger partial charge is 0.0467 e. The monoisotopic (exact) mass is 625 g/mol. The van der Waals surface area contributed by atoms with Crippen LogP contribution in [-0.4, -0.2) is 0 Å². The Kier molecular flexibility index (Phi) is 8.39. The van der Waals surface area contributed by atoms with Crippen LogP contribution in [0.15, 0.2) is 212 Å². The molecule has 0 saturated heterocycles. The fraction of sp³-hybridized carbons (Fsp3) is 0. The molecule has 49 heavy (non-hydrogen) atoms. The number of hydrogen-bond acceptors (Lipinski definition) is 1. The number of hydrogen-bond donors (Lipinski definition) is 0. The van der Waals surface area contributed by atoms with Gasteiger partial charge in [-0.25, -0.2) is 0 Å². The summed E-state index contributed by atoms with van der Waals surface area (Å²) in [4.78, 5) is 2.35. The molecular weight excluding hydrogens is 591 g/mol. The Labute approximate surface area is 289 Å². The van der Waals surface area contributed by atoms with Gasteiger partial charge in [0.15, 0.2) is 0 Å². The van der Waals surface area contributed by atoms with Gasteiger partial charge < -0.3 is 4.90 Å². The van der Waals surface area contributed by atoms with Gasteiger partial charge in [0.2, 0.25) is 0 Å². The average Bonchev–Trinajstić information content (AvgIpc) is 3.20. The van der Waals surface area contributed by atoms with Crippen molar-refractivity contribution in [1.29, 1.82) is 0 Å². The molecule has 0 atom stereocenters. The number of anilines is 3. The first-order chi connectivity index (χ1) is 24.3. The van der Waals surface area contributed by atoms with Gasteiger partial charge in [0.05, 0.1) is 0 Å². The first kappa shape index (κ1) is 29.9. The first-order valence-electron chi connectivity index (χ1n) is 16.8. The van der Waals surface area contributed by atoms with E-state index in [9.17, 15) is 0 Å². The van der Waals surface area contributed by atoms with E-state index in [0.29, 0.717) is 0 Å². The number of rotatable bonds is 8. The van der Waals surface area contributed by atoms with E-state index in [1.807, 2.05) is 0 Å². The van der Waals surface area contributed by atoms with Crippen LogP contribution in [0.3, 0.4) is 0 Å². The van der Waals surface area contributed by atoms with Crippen LogP contribution < -0.4 is 4.90 Å². The predicted octanol–water partition coefficient (Wildman–Crippen LogP) is 13.5. The quantitative estimate of drug-likeness (QED) is 0.162. The van der Waals surface area contributed by atoms with Crippen LogP contribution in [0.2, 0.25) is 0 Å². The van der Waals surface area contributed by atoms with E-state index in [1.54, 1.807) is 0 Å². The molecule has 1 nitrogen and oxygen atoms in total. The highest BCUT2D eigenvalue weighted by atomic mass is 15.1. The molecule has 8 aromatic carbocycles. The van der Waals surface area contributed by atoms with Crippen LogP contribution in [0.1, 0.15) is 0 Å². The maximum absolute atomic E-state index is 2.35. The highest BCUT2D eigenvalue weighted by Gasteiger charge is 2.16. The highest BCUT2D eigenvalue weighted by Crippen LogP contribution is 2.40. The Hall–Kier alpha value is -6.44. The molecule has 0 N–H and O–H groups in total. The molecule has 0 aromatic heterocycles. The standard InChI is InChI=1S/C48H35N/c1-5-14-36(15-6-1)39-24-29-44(30-25-39)49(46-23-13-22-42(34-46)37-16-7-2-8-17-37)45-31-26-41(27-32-45)48-35-43(38-18-9-3-10-19-38)28-33-47(48)40-20-11-4-12-21-40/h1-35H. The fourth-order valence-electron chi connectivity index (χ4n) is 6.59. The maximum Gasteiger partial charge on any atom is 0.0467 e. The number of benzene rings is 8. The average molecular weight is 626 g/mol. The molecule has 232 valence electrons. The Morgan fingerprint density at radius 1 is 0.204 bits per heavy atom. The van der Waals surface area contributed by atoms with Crippen LogP contribution in [0.25, 0.3) is 55.6 Å². The summed E-state index contributed by atoms with van der Waals surface area (Å²) in [5, 5.41) is 0. The van der Waals surface area contributed by atoms with Crippen molar-refractivity contribution >= 4 is 17.1 Å². The summed E-state index contributed by atoms with van der Waals surface area (Å²) in [5.74, 6) is 0. The SMILES string of the molecule is c1ccc(-c2ccc(N(c3ccc(-c4cc(-c5ccccc5)ccc4-c4ccccc4)cc3)c3cccc(-c4ccccc4)c3)cc2)cc1.